The average Bonchev–Trinajstić information content (AvgIpc) is 2.08. The van der Waals surface area contributed by atoms with E-state index in [1.54, 1.807) is 0 Å². The zero-order valence-electron chi connectivity index (χ0n) is 9.73. The lowest BCUT2D eigenvalue weighted by Gasteiger charge is -2.26. The molecule has 92 valence electrons. The molecule has 0 fully saturated rings. The van der Waals surface area contributed by atoms with Gasteiger partial charge in [-0.15, -0.1) is 0 Å². The maximum absolute atomic E-state index is 10.3. The van der Waals surface area contributed by atoms with Crippen LogP contribution in [-0.2, 0) is 15.0 Å². The summed E-state index contributed by atoms with van der Waals surface area (Å²) in [6, 6.07) is 0. The third-order valence-corrected chi connectivity index (χ3v) is 2.77. The van der Waals surface area contributed by atoms with E-state index in [0.717, 1.165) is 13.0 Å². The lowest BCUT2D eigenvalue weighted by molar-refractivity contribution is -1.08. The van der Waals surface area contributed by atoms with Gasteiger partial charge in [0.05, 0.1) is 24.2 Å². The van der Waals surface area contributed by atoms with Gasteiger partial charge < -0.3 is 4.55 Å². The van der Waals surface area contributed by atoms with Crippen molar-refractivity contribution >= 4 is 10.1 Å². The molecule has 0 spiro atoms. The van der Waals surface area contributed by atoms with Gasteiger partial charge in [-0.3, -0.25) is 0 Å². The maximum atomic E-state index is 10.3. The van der Waals surface area contributed by atoms with Gasteiger partial charge in [0.2, 0.25) is 0 Å². The normalized spacial score (nSPS) is 13.1. The highest BCUT2D eigenvalue weighted by Crippen LogP contribution is 2.04. The van der Waals surface area contributed by atoms with Gasteiger partial charge in [0.25, 0.3) is 0 Å². The van der Waals surface area contributed by atoms with Gasteiger partial charge in [0.15, 0.2) is 0 Å². The Hall–Kier alpha value is -0.170. The highest BCUT2D eigenvalue weighted by molar-refractivity contribution is 7.85. The molecule has 0 aromatic heterocycles. The van der Waals surface area contributed by atoms with Gasteiger partial charge in [-0.05, 0) is 12.8 Å². The van der Waals surface area contributed by atoms with Crippen molar-refractivity contribution in [1.29, 1.82) is 0 Å². The van der Waals surface area contributed by atoms with Crippen LogP contribution in [0.5, 0.6) is 0 Å². The predicted molar refractivity (Wildman–Crippen MR) is 57.0 cm³/mol. The molecule has 0 amide bonds. The second kappa shape index (κ2) is 6.42. The molecular weight excluding hydrogens is 218 g/mol. The van der Waals surface area contributed by atoms with Crippen LogP contribution in [0.3, 0.4) is 0 Å². The van der Waals surface area contributed by atoms with E-state index in [2.05, 4.69) is 0 Å². The molecule has 5 nitrogen and oxygen atoms in total. The summed E-state index contributed by atoms with van der Waals surface area (Å²) in [4.78, 5) is 5.52. The Labute approximate surface area is 92.3 Å². The summed E-state index contributed by atoms with van der Waals surface area (Å²) in [6.45, 7) is 3.44. The van der Waals surface area contributed by atoms with Gasteiger partial charge in [0, 0.05) is 12.2 Å². The van der Waals surface area contributed by atoms with Crippen LogP contribution in [0.4, 0.5) is 0 Å². The van der Waals surface area contributed by atoms with Crippen molar-refractivity contribution in [3.8, 4) is 0 Å². The number of hydrogen-bond acceptors (Lipinski definition) is 4. The molecule has 0 aliphatic heterocycles. The molecule has 0 aliphatic carbocycles. The van der Waals surface area contributed by atoms with E-state index in [1.165, 1.54) is 0 Å². The Bertz CT molecular complexity index is 261. The highest BCUT2D eigenvalue weighted by Gasteiger charge is 2.15. The molecule has 15 heavy (non-hydrogen) atoms. The molecule has 0 saturated carbocycles. The molecule has 0 bridgehead atoms. The standard InChI is InChI=1S/C9H21NO4S/c1-4-8-14-10(2,3)7-5-6-9-15(11,12)13/h4-9H2,1-3H3. The van der Waals surface area contributed by atoms with E-state index in [1.807, 2.05) is 21.0 Å². The number of quaternary nitrogens is 1. The van der Waals surface area contributed by atoms with Crippen molar-refractivity contribution < 1.29 is 22.5 Å². The molecule has 0 aromatic rings. The Kier molecular flexibility index (Phi) is 6.35. The van der Waals surface area contributed by atoms with Crippen molar-refractivity contribution in [2.45, 2.75) is 26.2 Å². The third kappa shape index (κ3) is 10.1. The van der Waals surface area contributed by atoms with Crippen molar-refractivity contribution in [1.82, 2.24) is 0 Å². The van der Waals surface area contributed by atoms with Crippen molar-refractivity contribution in [2.24, 2.45) is 0 Å². The summed E-state index contributed by atoms with van der Waals surface area (Å²) in [5.41, 5.74) is 0. The van der Waals surface area contributed by atoms with Crippen LogP contribution in [0, 0.1) is 0 Å². The van der Waals surface area contributed by atoms with Crippen molar-refractivity contribution in [2.75, 3.05) is 33.0 Å². The number of hydrogen-bond donors (Lipinski definition) is 0. The van der Waals surface area contributed by atoms with Crippen LogP contribution in [0.1, 0.15) is 26.2 Å². The lowest BCUT2D eigenvalue weighted by Crippen LogP contribution is -2.40. The van der Waals surface area contributed by atoms with Gasteiger partial charge in [-0.25, -0.2) is 13.3 Å². The number of unbranched alkanes of at least 4 members (excludes halogenated alkanes) is 1. The summed E-state index contributed by atoms with van der Waals surface area (Å²) < 4.78 is 31.4. The minimum atomic E-state index is -4.06. The quantitative estimate of drug-likeness (QED) is 0.271. The van der Waals surface area contributed by atoms with Crippen LogP contribution >= 0.6 is 0 Å². The number of rotatable bonds is 8. The monoisotopic (exact) mass is 239 g/mol. The Balaban J connectivity index is 3.66. The molecule has 0 aromatic carbocycles. The first kappa shape index (κ1) is 14.8. The van der Waals surface area contributed by atoms with Gasteiger partial charge in [-0.2, -0.15) is 4.65 Å². The molecule has 0 rings (SSSR count). The van der Waals surface area contributed by atoms with Gasteiger partial charge in [-0.1, -0.05) is 6.92 Å². The Morgan fingerprint density at radius 3 is 2.33 bits per heavy atom. The van der Waals surface area contributed by atoms with Crippen molar-refractivity contribution in [3.05, 3.63) is 0 Å². The van der Waals surface area contributed by atoms with Crippen LogP contribution in [0.25, 0.3) is 0 Å². The largest absolute Gasteiger partial charge is 0.748 e. The second-order valence-corrected chi connectivity index (χ2v) is 5.62. The van der Waals surface area contributed by atoms with E-state index < -0.39 is 10.1 Å². The number of nitrogens with zero attached hydrogens (tertiary/aromatic N) is 1. The van der Waals surface area contributed by atoms with E-state index in [-0.39, 0.29) is 5.75 Å². The summed E-state index contributed by atoms with van der Waals surface area (Å²) in [7, 11) is -0.221. The lowest BCUT2D eigenvalue weighted by atomic mass is 10.3. The van der Waals surface area contributed by atoms with Gasteiger partial charge in [0.1, 0.15) is 13.2 Å². The molecular formula is C9H21NO4S. The summed E-state index contributed by atoms with van der Waals surface area (Å²) in [5, 5.41) is 0. The first-order valence-corrected chi connectivity index (χ1v) is 6.76. The highest BCUT2D eigenvalue weighted by atomic mass is 32.2. The first-order chi connectivity index (χ1) is 6.77. The summed E-state index contributed by atoms with van der Waals surface area (Å²) in [6.07, 6.45) is 2.04. The maximum Gasteiger partial charge on any atom is 0.108 e. The zero-order chi connectivity index (χ0) is 11.9. The third-order valence-electron chi connectivity index (χ3n) is 1.99. The molecule has 6 heteroatoms. The molecule has 0 saturated heterocycles. The van der Waals surface area contributed by atoms with Gasteiger partial charge >= 0.3 is 0 Å². The molecule has 0 heterocycles. The molecule has 0 aliphatic rings. The fourth-order valence-electron chi connectivity index (χ4n) is 1.17. The fraction of sp³-hybridized carbons (Fsp3) is 1.00. The summed E-state index contributed by atoms with van der Waals surface area (Å²) in [5.74, 6) is -0.277. The first-order valence-electron chi connectivity index (χ1n) is 5.18. The topological polar surface area (TPSA) is 66.4 Å². The minimum Gasteiger partial charge on any atom is -0.748 e. The molecule has 0 N–H and O–H groups in total. The number of hydroxylamine groups is 3. The van der Waals surface area contributed by atoms with Crippen molar-refractivity contribution in [3.63, 3.8) is 0 Å². The van der Waals surface area contributed by atoms with Crippen LogP contribution in [0.15, 0.2) is 0 Å². The summed E-state index contributed by atoms with van der Waals surface area (Å²) >= 11 is 0. The smallest absolute Gasteiger partial charge is 0.108 e. The minimum absolute atomic E-state index is 0.277. The van der Waals surface area contributed by atoms with Crippen LogP contribution < -0.4 is 0 Å². The SMILES string of the molecule is CCCO[N+](C)(C)CCCCS(=O)(=O)[O-]. The molecule has 0 unspecified atom stereocenters. The van der Waals surface area contributed by atoms with E-state index >= 15 is 0 Å². The van der Waals surface area contributed by atoms with E-state index in [4.69, 9.17) is 4.84 Å². The fourth-order valence-corrected chi connectivity index (χ4v) is 1.73. The van der Waals surface area contributed by atoms with E-state index in [9.17, 15) is 13.0 Å². The molecule has 0 radical (unpaired) electrons. The van der Waals surface area contributed by atoms with E-state index in [0.29, 0.717) is 24.1 Å². The second-order valence-electron chi connectivity index (χ2n) is 4.10. The Morgan fingerprint density at radius 2 is 1.87 bits per heavy atom. The van der Waals surface area contributed by atoms with Crippen LogP contribution in [0.2, 0.25) is 0 Å². The predicted octanol–water partition coefficient (Wildman–Crippen LogP) is 0.730. The Morgan fingerprint density at radius 1 is 1.27 bits per heavy atom. The van der Waals surface area contributed by atoms with Crippen LogP contribution in [-0.4, -0.2) is 50.6 Å². The zero-order valence-corrected chi connectivity index (χ0v) is 10.5. The average molecular weight is 239 g/mol. The molecule has 0 atom stereocenters.